The van der Waals surface area contributed by atoms with Crippen molar-refractivity contribution in [3.05, 3.63) is 98.6 Å². The molecule has 0 aromatic heterocycles. The maximum absolute atomic E-state index is 11.3. The van der Waals surface area contributed by atoms with Crippen LogP contribution in [0.5, 0.6) is 0 Å². The summed E-state index contributed by atoms with van der Waals surface area (Å²) in [4.78, 5) is 12.8. The molecule has 0 unspecified atom stereocenters. The van der Waals surface area contributed by atoms with E-state index in [1.54, 1.807) is 12.1 Å². The SMILES string of the molecule is CC1=CC(=[N+](CCO)CCO)C=CC1=C(c1ccc([N+](=O)[O-])cc1)c1ccc(N(CCO)CCO)cc1C. The topological polar surface area (TPSA) is 130 Å². The lowest BCUT2D eigenvalue weighted by Gasteiger charge is -2.25. The first-order valence-corrected chi connectivity index (χ1v) is 12.6. The number of rotatable bonds is 12. The van der Waals surface area contributed by atoms with E-state index in [0.717, 1.165) is 44.8 Å². The Kier molecular flexibility index (Phi) is 10.5. The summed E-state index contributed by atoms with van der Waals surface area (Å²) in [6.45, 7) is 5.46. The number of anilines is 1. The molecule has 9 heteroatoms. The number of nitrogens with zero attached hydrogens (tertiary/aromatic N) is 3. The first-order valence-electron chi connectivity index (χ1n) is 12.6. The molecule has 4 N–H and O–H groups in total. The summed E-state index contributed by atoms with van der Waals surface area (Å²) in [5.41, 5.74) is 7.38. The zero-order valence-corrected chi connectivity index (χ0v) is 21.9. The lowest BCUT2D eigenvalue weighted by Crippen LogP contribution is -2.29. The van der Waals surface area contributed by atoms with E-state index < -0.39 is 4.92 Å². The highest BCUT2D eigenvalue weighted by atomic mass is 16.6. The Bertz CT molecular complexity index is 1250. The first-order chi connectivity index (χ1) is 18.3. The third-order valence-electron chi connectivity index (χ3n) is 6.54. The van der Waals surface area contributed by atoms with Gasteiger partial charge in [-0.2, -0.15) is 0 Å². The summed E-state index contributed by atoms with van der Waals surface area (Å²) in [6, 6.07) is 12.5. The molecule has 0 fully saturated rings. The van der Waals surface area contributed by atoms with Crippen LogP contribution in [0, 0.1) is 17.0 Å². The second-order valence-electron chi connectivity index (χ2n) is 9.05. The number of aliphatic hydroxyl groups excluding tert-OH is 4. The van der Waals surface area contributed by atoms with Crippen molar-refractivity contribution in [2.45, 2.75) is 13.8 Å². The van der Waals surface area contributed by atoms with E-state index in [9.17, 15) is 30.5 Å². The van der Waals surface area contributed by atoms with Crippen molar-refractivity contribution in [2.75, 3.05) is 57.5 Å². The van der Waals surface area contributed by atoms with E-state index in [-0.39, 0.29) is 32.1 Å². The molecule has 38 heavy (non-hydrogen) atoms. The Labute approximate surface area is 222 Å². The quantitative estimate of drug-likeness (QED) is 0.191. The molecule has 1 aliphatic rings. The molecule has 1 aliphatic carbocycles. The van der Waals surface area contributed by atoms with Crippen molar-refractivity contribution in [3.63, 3.8) is 0 Å². The van der Waals surface area contributed by atoms with Crippen molar-refractivity contribution in [1.29, 1.82) is 0 Å². The van der Waals surface area contributed by atoms with Crippen LogP contribution in [0.3, 0.4) is 0 Å². The highest BCUT2D eigenvalue weighted by molar-refractivity contribution is 6.05. The van der Waals surface area contributed by atoms with Gasteiger partial charge in [-0.05, 0) is 77.6 Å². The molecule has 0 bridgehead atoms. The van der Waals surface area contributed by atoms with Crippen LogP contribution in [0.25, 0.3) is 5.57 Å². The highest BCUT2D eigenvalue weighted by Gasteiger charge is 2.21. The van der Waals surface area contributed by atoms with Gasteiger partial charge in [-0.3, -0.25) is 10.1 Å². The van der Waals surface area contributed by atoms with Crippen LogP contribution in [-0.4, -0.2) is 88.2 Å². The number of non-ortho nitro benzene ring substituents is 1. The number of aliphatic hydroxyl groups is 4. The van der Waals surface area contributed by atoms with Crippen molar-refractivity contribution in [1.82, 2.24) is 0 Å². The van der Waals surface area contributed by atoms with Crippen LogP contribution < -0.4 is 4.90 Å². The second kappa shape index (κ2) is 13.8. The maximum Gasteiger partial charge on any atom is 0.269 e. The van der Waals surface area contributed by atoms with Gasteiger partial charge in [0.25, 0.3) is 5.69 Å². The fourth-order valence-corrected chi connectivity index (χ4v) is 4.68. The Hall–Kier alpha value is -3.63. The van der Waals surface area contributed by atoms with Gasteiger partial charge in [0.2, 0.25) is 0 Å². The normalized spacial score (nSPS) is 14.4. The van der Waals surface area contributed by atoms with Gasteiger partial charge >= 0.3 is 0 Å². The average Bonchev–Trinajstić information content (AvgIpc) is 2.90. The van der Waals surface area contributed by atoms with Crippen LogP contribution in [-0.2, 0) is 0 Å². The molecule has 0 radical (unpaired) electrons. The molecule has 0 aliphatic heterocycles. The van der Waals surface area contributed by atoms with Crippen LogP contribution in [0.4, 0.5) is 11.4 Å². The summed E-state index contributed by atoms with van der Waals surface area (Å²) >= 11 is 0. The molecule has 0 saturated heterocycles. The van der Waals surface area contributed by atoms with Crippen LogP contribution >= 0.6 is 0 Å². The Balaban J connectivity index is 2.19. The van der Waals surface area contributed by atoms with E-state index in [1.807, 2.05) is 59.8 Å². The molecule has 0 amide bonds. The average molecular weight is 523 g/mol. The van der Waals surface area contributed by atoms with Gasteiger partial charge < -0.3 is 25.3 Å². The Morgan fingerprint density at radius 3 is 2.00 bits per heavy atom. The molecule has 0 saturated carbocycles. The summed E-state index contributed by atoms with van der Waals surface area (Å²) in [7, 11) is 0. The van der Waals surface area contributed by atoms with Crippen molar-refractivity contribution in [2.24, 2.45) is 0 Å². The summed E-state index contributed by atoms with van der Waals surface area (Å²) in [5.74, 6) is 0. The minimum absolute atomic E-state index is 0.0135. The highest BCUT2D eigenvalue weighted by Crippen LogP contribution is 2.36. The van der Waals surface area contributed by atoms with E-state index in [2.05, 4.69) is 0 Å². The third kappa shape index (κ3) is 6.81. The lowest BCUT2D eigenvalue weighted by molar-refractivity contribution is -0.530. The minimum atomic E-state index is -0.419. The van der Waals surface area contributed by atoms with Gasteiger partial charge in [0.05, 0.1) is 18.1 Å². The van der Waals surface area contributed by atoms with Crippen LogP contribution in [0.1, 0.15) is 23.6 Å². The minimum Gasteiger partial charge on any atom is -0.395 e. The monoisotopic (exact) mass is 522 g/mol. The number of allylic oxidation sites excluding steroid dienone is 5. The number of hydrogen-bond donors (Lipinski definition) is 4. The molecular formula is C29H36N3O6+. The second-order valence-corrected chi connectivity index (χ2v) is 9.05. The standard InChI is InChI=1S/C29H36N3O6/c1-21-19-25(30(11-15-33)12-16-34)7-9-27(21)29(23-3-5-24(6-4-23)32(37)38)28-10-8-26(20-22(28)2)31(13-17-35)14-18-36/h3-10,19-20,33-36H,11-18H2,1-2H3/q+1. The molecule has 2 aromatic rings. The molecule has 202 valence electrons. The van der Waals surface area contributed by atoms with Crippen molar-refractivity contribution in [3.8, 4) is 0 Å². The molecule has 0 atom stereocenters. The summed E-state index contributed by atoms with van der Waals surface area (Å²) < 4.78 is 1.92. The van der Waals surface area contributed by atoms with Gasteiger partial charge in [0.15, 0.2) is 18.8 Å². The van der Waals surface area contributed by atoms with E-state index >= 15 is 0 Å². The van der Waals surface area contributed by atoms with Crippen molar-refractivity contribution >= 4 is 22.7 Å². The Morgan fingerprint density at radius 1 is 0.868 bits per heavy atom. The molecule has 2 aromatic carbocycles. The maximum atomic E-state index is 11.3. The molecule has 0 heterocycles. The van der Waals surface area contributed by atoms with Gasteiger partial charge in [-0.15, -0.1) is 0 Å². The Morgan fingerprint density at radius 2 is 1.50 bits per heavy atom. The predicted octanol–water partition coefficient (Wildman–Crippen LogP) is 2.45. The van der Waals surface area contributed by atoms with E-state index in [1.165, 1.54) is 12.1 Å². The van der Waals surface area contributed by atoms with Gasteiger partial charge in [-0.25, -0.2) is 4.58 Å². The molecular weight excluding hydrogens is 486 g/mol. The first kappa shape index (κ1) is 28.9. The van der Waals surface area contributed by atoms with Crippen LogP contribution in [0.15, 0.2) is 71.8 Å². The zero-order chi connectivity index (χ0) is 27.7. The predicted molar refractivity (Wildman–Crippen MR) is 149 cm³/mol. The number of nitro groups is 1. The molecule has 9 nitrogen and oxygen atoms in total. The number of benzene rings is 2. The number of aryl methyl sites for hydroxylation is 1. The number of nitro benzene ring substituents is 1. The zero-order valence-electron chi connectivity index (χ0n) is 21.9. The molecule has 3 rings (SSSR count). The fraction of sp³-hybridized carbons (Fsp3) is 0.345. The van der Waals surface area contributed by atoms with E-state index in [4.69, 9.17) is 0 Å². The molecule has 0 spiro atoms. The summed E-state index contributed by atoms with van der Waals surface area (Å²) in [5, 5.41) is 49.1. The van der Waals surface area contributed by atoms with Crippen LogP contribution in [0.2, 0.25) is 0 Å². The third-order valence-corrected chi connectivity index (χ3v) is 6.54. The van der Waals surface area contributed by atoms with Crippen molar-refractivity contribution < 1.29 is 29.9 Å². The van der Waals surface area contributed by atoms with Gasteiger partial charge in [0.1, 0.15) is 13.2 Å². The van der Waals surface area contributed by atoms with Gasteiger partial charge in [-0.1, -0.05) is 6.07 Å². The largest absolute Gasteiger partial charge is 0.395 e. The smallest absolute Gasteiger partial charge is 0.269 e. The van der Waals surface area contributed by atoms with E-state index in [0.29, 0.717) is 26.2 Å². The number of hydrogen-bond acceptors (Lipinski definition) is 7. The fourth-order valence-electron chi connectivity index (χ4n) is 4.68. The van der Waals surface area contributed by atoms with Gasteiger partial charge in [0, 0.05) is 43.1 Å². The summed E-state index contributed by atoms with van der Waals surface area (Å²) in [6.07, 6.45) is 5.97. The lowest BCUT2D eigenvalue weighted by atomic mass is 9.85.